The Balaban J connectivity index is 1.69. The van der Waals surface area contributed by atoms with E-state index in [1.54, 1.807) is 0 Å². The van der Waals surface area contributed by atoms with E-state index in [1.807, 2.05) is 32.1 Å². The molecule has 0 spiro atoms. The molecule has 0 saturated carbocycles. The SMILES string of the molecule is C=C/C=C(\C=C)CCC1CCN(c2c(C)nc3nc(C)[nH]n3c2=O)CC1. The van der Waals surface area contributed by atoms with Crippen LogP contribution in [0.5, 0.6) is 0 Å². The van der Waals surface area contributed by atoms with Gasteiger partial charge in [-0.3, -0.25) is 9.89 Å². The molecule has 0 aromatic carbocycles. The summed E-state index contributed by atoms with van der Waals surface area (Å²) in [4.78, 5) is 23.8. The van der Waals surface area contributed by atoms with Crippen LogP contribution >= 0.6 is 0 Å². The van der Waals surface area contributed by atoms with E-state index in [2.05, 4.69) is 33.1 Å². The Morgan fingerprint density at radius 2 is 2.00 bits per heavy atom. The van der Waals surface area contributed by atoms with Gasteiger partial charge < -0.3 is 4.90 Å². The van der Waals surface area contributed by atoms with E-state index in [0.29, 0.717) is 23.2 Å². The number of piperidine rings is 1. The van der Waals surface area contributed by atoms with Gasteiger partial charge in [-0.15, -0.1) is 0 Å². The minimum Gasteiger partial charge on any atom is -0.366 e. The van der Waals surface area contributed by atoms with Crippen molar-refractivity contribution in [3.63, 3.8) is 0 Å². The lowest BCUT2D eigenvalue weighted by Crippen LogP contribution is -2.38. The van der Waals surface area contributed by atoms with Crippen molar-refractivity contribution < 1.29 is 0 Å². The van der Waals surface area contributed by atoms with Crippen LogP contribution in [0.2, 0.25) is 0 Å². The van der Waals surface area contributed by atoms with E-state index in [4.69, 9.17) is 0 Å². The number of nitrogens with zero attached hydrogens (tertiary/aromatic N) is 4. The fraction of sp³-hybridized carbons (Fsp3) is 0.450. The number of aromatic amines is 1. The zero-order valence-corrected chi connectivity index (χ0v) is 15.7. The molecule has 6 nitrogen and oxygen atoms in total. The van der Waals surface area contributed by atoms with Gasteiger partial charge in [0.2, 0.25) is 0 Å². The topological polar surface area (TPSA) is 66.3 Å². The molecule has 0 amide bonds. The lowest BCUT2D eigenvalue weighted by molar-refractivity contribution is 0.381. The zero-order chi connectivity index (χ0) is 18.7. The lowest BCUT2D eigenvalue weighted by Gasteiger charge is -2.33. The molecule has 1 saturated heterocycles. The molecule has 0 atom stereocenters. The van der Waals surface area contributed by atoms with Crippen molar-refractivity contribution in [3.05, 3.63) is 58.8 Å². The van der Waals surface area contributed by atoms with Gasteiger partial charge in [-0.05, 0) is 51.0 Å². The summed E-state index contributed by atoms with van der Waals surface area (Å²) in [6.07, 6.45) is 10.1. The third-order valence-corrected chi connectivity index (χ3v) is 5.12. The molecule has 3 heterocycles. The maximum Gasteiger partial charge on any atom is 0.297 e. The maximum absolute atomic E-state index is 12.9. The van der Waals surface area contributed by atoms with Crippen molar-refractivity contribution in [1.82, 2.24) is 19.6 Å². The molecule has 0 unspecified atom stereocenters. The van der Waals surface area contributed by atoms with Gasteiger partial charge in [0, 0.05) is 13.1 Å². The molecule has 0 aliphatic carbocycles. The minimum atomic E-state index is -0.0607. The number of anilines is 1. The second kappa shape index (κ2) is 7.72. The first-order valence-corrected chi connectivity index (χ1v) is 9.18. The molecule has 26 heavy (non-hydrogen) atoms. The normalized spacial score (nSPS) is 16.2. The highest BCUT2D eigenvalue weighted by Gasteiger charge is 2.24. The number of hydrogen-bond acceptors (Lipinski definition) is 4. The van der Waals surface area contributed by atoms with E-state index < -0.39 is 0 Å². The van der Waals surface area contributed by atoms with Crippen molar-refractivity contribution in [2.24, 2.45) is 5.92 Å². The predicted molar refractivity (Wildman–Crippen MR) is 106 cm³/mol. The molecule has 1 aliphatic heterocycles. The Morgan fingerprint density at radius 1 is 1.27 bits per heavy atom. The molecule has 6 heteroatoms. The average Bonchev–Trinajstić information content (AvgIpc) is 3.00. The van der Waals surface area contributed by atoms with Crippen LogP contribution in [0.25, 0.3) is 5.78 Å². The summed E-state index contributed by atoms with van der Waals surface area (Å²) in [5.74, 6) is 1.80. The molecule has 138 valence electrons. The third kappa shape index (κ3) is 3.64. The number of H-pyrrole nitrogens is 1. The maximum atomic E-state index is 12.9. The second-order valence-corrected chi connectivity index (χ2v) is 6.95. The van der Waals surface area contributed by atoms with Gasteiger partial charge in [-0.1, -0.05) is 31.4 Å². The number of rotatable bonds is 6. The van der Waals surface area contributed by atoms with Crippen molar-refractivity contribution in [3.8, 4) is 0 Å². The summed E-state index contributed by atoms with van der Waals surface area (Å²) < 4.78 is 1.44. The van der Waals surface area contributed by atoms with Gasteiger partial charge in [0.25, 0.3) is 11.3 Å². The Bertz CT molecular complexity index is 897. The van der Waals surface area contributed by atoms with Crippen LogP contribution < -0.4 is 10.5 Å². The quantitative estimate of drug-likeness (QED) is 0.809. The Kier molecular flexibility index (Phi) is 5.40. The van der Waals surface area contributed by atoms with E-state index in [9.17, 15) is 4.79 Å². The molecule has 0 bridgehead atoms. The first-order valence-electron chi connectivity index (χ1n) is 9.18. The summed E-state index contributed by atoms with van der Waals surface area (Å²) in [6, 6.07) is 0. The van der Waals surface area contributed by atoms with Gasteiger partial charge >= 0.3 is 0 Å². The van der Waals surface area contributed by atoms with Gasteiger partial charge in [0.1, 0.15) is 11.5 Å². The smallest absolute Gasteiger partial charge is 0.297 e. The number of aryl methyl sites for hydroxylation is 2. The summed E-state index contributed by atoms with van der Waals surface area (Å²) in [5, 5.41) is 2.97. The summed E-state index contributed by atoms with van der Waals surface area (Å²) in [5.41, 5.74) is 2.63. The highest BCUT2D eigenvalue weighted by molar-refractivity contribution is 5.52. The monoisotopic (exact) mass is 353 g/mol. The van der Waals surface area contributed by atoms with Crippen molar-refractivity contribution in [2.75, 3.05) is 18.0 Å². The minimum absolute atomic E-state index is 0.0607. The molecule has 1 aliphatic rings. The summed E-state index contributed by atoms with van der Waals surface area (Å²) in [7, 11) is 0. The van der Waals surface area contributed by atoms with Crippen LogP contribution in [0.15, 0.2) is 41.8 Å². The van der Waals surface area contributed by atoms with Crippen LogP contribution in [-0.2, 0) is 0 Å². The highest BCUT2D eigenvalue weighted by atomic mass is 16.1. The highest BCUT2D eigenvalue weighted by Crippen LogP contribution is 2.27. The molecular weight excluding hydrogens is 326 g/mol. The van der Waals surface area contributed by atoms with Crippen molar-refractivity contribution in [2.45, 2.75) is 39.5 Å². The lowest BCUT2D eigenvalue weighted by atomic mass is 9.90. The molecule has 1 fully saturated rings. The Morgan fingerprint density at radius 3 is 2.65 bits per heavy atom. The van der Waals surface area contributed by atoms with Crippen LogP contribution in [0, 0.1) is 19.8 Å². The first-order chi connectivity index (χ1) is 12.5. The van der Waals surface area contributed by atoms with Gasteiger partial charge in [-0.2, -0.15) is 9.50 Å². The fourth-order valence-electron chi connectivity index (χ4n) is 3.70. The van der Waals surface area contributed by atoms with E-state index in [-0.39, 0.29) is 5.56 Å². The van der Waals surface area contributed by atoms with Crippen LogP contribution in [0.1, 0.15) is 37.2 Å². The number of hydrogen-bond donors (Lipinski definition) is 1. The van der Waals surface area contributed by atoms with Crippen LogP contribution in [-0.4, -0.2) is 32.7 Å². The number of aromatic nitrogens is 4. The Labute approximate surface area is 153 Å². The van der Waals surface area contributed by atoms with E-state index >= 15 is 0 Å². The Hall–Kier alpha value is -2.63. The number of nitrogens with one attached hydrogen (secondary N) is 1. The predicted octanol–water partition coefficient (Wildman–Crippen LogP) is 3.33. The average molecular weight is 353 g/mol. The fourth-order valence-corrected chi connectivity index (χ4v) is 3.70. The van der Waals surface area contributed by atoms with Gasteiger partial charge in [-0.25, -0.2) is 4.98 Å². The van der Waals surface area contributed by atoms with Crippen LogP contribution in [0.3, 0.4) is 0 Å². The third-order valence-electron chi connectivity index (χ3n) is 5.12. The molecule has 2 aromatic heterocycles. The molecule has 3 rings (SSSR count). The second-order valence-electron chi connectivity index (χ2n) is 6.95. The van der Waals surface area contributed by atoms with Gasteiger partial charge in [0.05, 0.1) is 5.69 Å². The van der Waals surface area contributed by atoms with E-state index in [0.717, 1.165) is 44.5 Å². The molecule has 0 radical (unpaired) electrons. The summed E-state index contributed by atoms with van der Waals surface area (Å²) >= 11 is 0. The largest absolute Gasteiger partial charge is 0.366 e. The van der Waals surface area contributed by atoms with Crippen molar-refractivity contribution >= 4 is 11.5 Å². The summed E-state index contributed by atoms with van der Waals surface area (Å²) in [6.45, 7) is 13.1. The zero-order valence-electron chi connectivity index (χ0n) is 15.7. The molecule has 1 N–H and O–H groups in total. The van der Waals surface area contributed by atoms with Gasteiger partial charge in [0.15, 0.2) is 0 Å². The van der Waals surface area contributed by atoms with Crippen molar-refractivity contribution in [1.29, 1.82) is 0 Å². The van der Waals surface area contributed by atoms with Crippen LogP contribution in [0.4, 0.5) is 5.69 Å². The molecular formula is C20H27N5O. The van der Waals surface area contributed by atoms with E-state index in [1.165, 1.54) is 10.1 Å². The standard InChI is InChI=1S/C20H27N5O/c1-5-7-16(6-2)8-9-17-10-12-24(13-11-17)18-14(3)21-20-22-15(4)23-25(20)19(18)26/h5-7,17H,1-2,8-13H2,3-4H3,(H,21,22,23)/b16-7+. The molecule has 2 aromatic rings. The number of fused-ring (bicyclic) bond motifs is 1. The number of allylic oxidation sites excluding steroid dienone is 4. The first kappa shape index (κ1) is 18.2.